The van der Waals surface area contributed by atoms with Crippen LogP contribution in [-0.4, -0.2) is 23.1 Å². The van der Waals surface area contributed by atoms with Gasteiger partial charge < -0.3 is 9.84 Å². The van der Waals surface area contributed by atoms with Gasteiger partial charge in [-0.25, -0.2) is 9.59 Å². The molecule has 0 aliphatic carbocycles. The first-order valence-corrected chi connectivity index (χ1v) is 7.12. The highest BCUT2D eigenvalue weighted by atomic mass is 16.5. The highest BCUT2D eigenvalue weighted by Gasteiger charge is 2.12. The van der Waals surface area contributed by atoms with Gasteiger partial charge >= 0.3 is 11.9 Å². The third-order valence-electron chi connectivity index (χ3n) is 2.79. The molecule has 0 aliphatic rings. The molecule has 4 nitrogen and oxygen atoms in total. The van der Waals surface area contributed by atoms with Crippen LogP contribution < -0.4 is 0 Å². The zero-order valence-corrected chi connectivity index (χ0v) is 13.1. The predicted octanol–water partition coefficient (Wildman–Crippen LogP) is 4.11. The zero-order valence-electron chi connectivity index (χ0n) is 13.1. The number of rotatable bonds is 8. The number of unbranched alkanes of at least 4 members (excludes halogenated alkanes) is 2. The molecule has 116 valence electrons. The van der Waals surface area contributed by atoms with E-state index in [-0.39, 0.29) is 12.1 Å². The van der Waals surface area contributed by atoms with E-state index < -0.39 is 5.97 Å². The molecule has 0 saturated carbocycles. The topological polar surface area (TPSA) is 63.6 Å². The van der Waals surface area contributed by atoms with Crippen LogP contribution in [0.15, 0.2) is 24.3 Å². The van der Waals surface area contributed by atoms with Crippen LogP contribution in [-0.2, 0) is 14.3 Å². The van der Waals surface area contributed by atoms with Crippen LogP contribution in [0.3, 0.4) is 0 Å². The van der Waals surface area contributed by atoms with E-state index in [0.717, 1.165) is 25.3 Å². The average Bonchev–Trinajstić information content (AvgIpc) is 2.45. The molecule has 0 aliphatic heterocycles. The van der Waals surface area contributed by atoms with E-state index in [2.05, 4.69) is 20.4 Å². The highest BCUT2D eigenvalue weighted by Crippen LogP contribution is 2.12. The number of ether oxygens (including phenoxy) is 1. The molecule has 0 bridgehead atoms. The van der Waals surface area contributed by atoms with Gasteiger partial charge in [0, 0.05) is 11.6 Å². The van der Waals surface area contributed by atoms with E-state index in [9.17, 15) is 9.59 Å². The summed E-state index contributed by atoms with van der Waals surface area (Å²) in [5.41, 5.74) is 0.698. The van der Waals surface area contributed by atoms with E-state index in [1.165, 1.54) is 12.8 Å². The number of carboxylic acid groups (broad SMARTS) is 1. The minimum absolute atomic E-state index is 0.0962. The van der Waals surface area contributed by atoms with Gasteiger partial charge in [-0.2, -0.15) is 0 Å². The van der Waals surface area contributed by atoms with Gasteiger partial charge in [-0.15, -0.1) is 0 Å². The molecule has 0 aromatic carbocycles. The van der Waals surface area contributed by atoms with Crippen LogP contribution in [0, 0.1) is 0 Å². The van der Waals surface area contributed by atoms with E-state index in [1.54, 1.807) is 13.0 Å². The van der Waals surface area contributed by atoms with Crippen LogP contribution >= 0.6 is 0 Å². The van der Waals surface area contributed by atoms with E-state index >= 15 is 0 Å². The van der Waals surface area contributed by atoms with Crippen LogP contribution in [0.4, 0.5) is 0 Å². The summed E-state index contributed by atoms with van der Waals surface area (Å²) in [5.74, 6) is -1.15. The maximum absolute atomic E-state index is 11.5. The first-order valence-electron chi connectivity index (χ1n) is 7.12. The molecule has 0 amide bonds. The Labute approximate surface area is 122 Å². The van der Waals surface area contributed by atoms with Gasteiger partial charge in [0.2, 0.25) is 0 Å². The largest absolute Gasteiger partial charge is 0.478 e. The molecule has 1 N–H and O–H groups in total. The van der Waals surface area contributed by atoms with Crippen molar-refractivity contribution >= 4 is 11.9 Å². The van der Waals surface area contributed by atoms with E-state index in [1.807, 2.05) is 6.92 Å². The molecule has 0 heterocycles. The number of allylic oxidation sites excluding steroid dienone is 1. The van der Waals surface area contributed by atoms with Gasteiger partial charge in [-0.1, -0.05) is 39.3 Å². The maximum Gasteiger partial charge on any atom is 0.333 e. The van der Waals surface area contributed by atoms with Crippen molar-refractivity contribution in [3.05, 3.63) is 24.3 Å². The fourth-order valence-electron chi connectivity index (χ4n) is 1.33. The van der Waals surface area contributed by atoms with Crippen molar-refractivity contribution in [2.45, 2.75) is 65.9 Å². The number of esters is 1. The number of aliphatic carboxylic acids is 1. The molecular formula is C16H28O4. The third kappa shape index (κ3) is 12.9. The summed E-state index contributed by atoms with van der Waals surface area (Å²) in [6.07, 6.45) is 8.20. The summed E-state index contributed by atoms with van der Waals surface area (Å²) in [6, 6.07) is 0. The number of carboxylic acids is 1. The Morgan fingerprint density at radius 2 is 1.85 bits per heavy atom. The summed E-state index contributed by atoms with van der Waals surface area (Å²) >= 11 is 0. The zero-order chi connectivity index (χ0) is 16.0. The Bertz CT molecular complexity index is 318. The lowest BCUT2D eigenvalue weighted by Gasteiger charge is -2.16. The van der Waals surface area contributed by atoms with E-state index in [4.69, 9.17) is 9.84 Å². The van der Waals surface area contributed by atoms with Crippen LogP contribution in [0.25, 0.3) is 0 Å². The summed E-state index contributed by atoms with van der Waals surface area (Å²) in [7, 11) is 0. The van der Waals surface area contributed by atoms with Crippen molar-refractivity contribution in [2.24, 2.45) is 0 Å². The normalized spacial score (nSPS) is 11.9. The van der Waals surface area contributed by atoms with Gasteiger partial charge in [0.05, 0.1) is 0 Å². The van der Waals surface area contributed by atoms with Gasteiger partial charge in [0.15, 0.2) is 0 Å². The molecule has 1 unspecified atom stereocenters. The Morgan fingerprint density at radius 3 is 2.20 bits per heavy atom. The summed E-state index contributed by atoms with van der Waals surface area (Å²) < 4.78 is 5.39. The van der Waals surface area contributed by atoms with Crippen molar-refractivity contribution < 1.29 is 19.4 Å². The molecule has 0 radical (unpaired) electrons. The van der Waals surface area contributed by atoms with Gasteiger partial charge in [0.25, 0.3) is 0 Å². The number of carbonyl (C=O) groups is 2. The van der Waals surface area contributed by atoms with Crippen LogP contribution in [0.1, 0.15) is 59.8 Å². The summed E-state index contributed by atoms with van der Waals surface area (Å²) in [5, 5.41) is 7.60. The molecule has 0 aromatic rings. The molecule has 0 spiro atoms. The Morgan fingerprint density at radius 1 is 1.30 bits per heavy atom. The number of hydrogen-bond donors (Lipinski definition) is 1. The maximum atomic E-state index is 11.5. The number of hydrogen-bond acceptors (Lipinski definition) is 3. The Kier molecular flexibility index (Phi) is 14.3. The van der Waals surface area contributed by atoms with Gasteiger partial charge in [-0.05, 0) is 33.1 Å². The lowest BCUT2D eigenvalue weighted by Crippen LogP contribution is -2.18. The van der Waals surface area contributed by atoms with Crippen molar-refractivity contribution in [3.63, 3.8) is 0 Å². The molecule has 0 aromatic heterocycles. The fraction of sp³-hybridized carbons (Fsp3) is 0.625. The predicted molar refractivity (Wildman–Crippen MR) is 81.6 cm³/mol. The second-order valence-corrected chi connectivity index (χ2v) is 4.45. The molecular weight excluding hydrogens is 256 g/mol. The number of carbonyl (C=O) groups excluding carboxylic acids is 1. The molecule has 0 rings (SSSR count). The Hall–Kier alpha value is -1.58. The molecule has 20 heavy (non-hydrogen) atoms. The van der Waals surface area contributed by atoms with Crippen molar-refractivity contribution in [3.8, 4) is 0 Å². The second-order valence-electron chi connectivity index (χ2n) is 4.45. The SMILES string of the molecule is C=CC(=O)O.CC=C(C)C(=O)OC(CC)CCCCC. The van der Waals surface area contributed by atoms with Crippen molar-refractivity contribution in [2.75, 3.05) is 0 Å². The molecule has 0 saturated heterocycles. The Balaban J connectivity index is 0. The van der Waals surface area contributed by atoms with Crippen LogP contribution in [0.2, 0.25) is 0 Å². The standard InChI is InChI=1S/C13H24O2.C3H4O2/c1-5-8-9-10-12(7-3)15-13(14)11(4)6-2;1-2-3(4)5/h6,12H,5,7-10H2,1-4H3;2H,1H2,(H,4,5). The van der Waals surface area contributed by atoms with E-state index in [0.29, 0.717) is 5.57 Å². The third-order valence-corrected chi connectivity index (χ3v) is 2.79. The minimum atomic E-state index is -0.981. The fourth-order valence-corrected chi connectivity index (χ4v) is 1.33. The summed E-state index contributed by atoms with van der Waals surface area (Å²) in [6.45, 7) is 10.9. The first kappa shape index (κ1) is 20.7. The lowest BCUT2D eigenvalue weighted by molar-refractivity contribution is -0.144. The molecule has 1 atom stereocenters. The second kappa shape index (κ2) is 13.8. The van der Waals surface area contributed by atoms with Crippen LogP contribution in [0.5, 0.6) is 0 Å². The highest BCUT2D eigenvalue weighted by molar-refractivity contribution is 5.87. The smallest absolute Gasteiger partial charge is 0.333 e. The summed E-state index contributed by atoms with van der Waals surface area (Å²) in [4.78, 5) is 20.7. The molecule has 0 fully saturated rings. The quantitative estimate of drug-likeness (QED) is 0.414. The monoisotopic (exact) mass is 284 g/mol. The minimum Gasteiger partial charge on any atom is -0.478 e. The van der Waals surface area contributed by atoms with Crippen molar-refractivity contribution in [1.82, 2.24) is 0 Å². The first-order chi connectivity index (χ1) is 9.42. The average molecular weight is 284 g/mol. The molecule has 4 heteroatoms. The van der Waals surface area contributed by atoms with Gasteiger partial charge in [-0.3, -0.25) is 0 Å². The lowest BCUT2D eigenvalue weighted by atomic mass is 10.1. The van der Waals surface area contributed by atoms with Crippen molar-refractivity contribution in [1.29, 1.82) is 0 Å². The van der Waals surface area contributed by atoms with Gasteiger partial charge in [0.1, 0.15) is 6.10 Å².